The van der Waals surface area contributed by atoms with E-state index in [0.717, 1.165) is 17.4 Å². The molecule has 0 aliphatic carbocycles. The zero-order valence-electron chi connectivity index (χ0n) is 9.64. The van der Waals surface area contributed by atoms with Gasteiger partial charge in [-0.05, 0) is 24.1 Å². The Morgan fingerprint density at radius 3 is 3.00 bits per heavy atom. The molecule has 2 aromatic rings. The smallest absolute Gasteiger partial charge is 0.257 e. The van der Waals surface area contributed by atoms with Crippen molar-refractivity contribution in [2.45, 2.75) is 12.5 Å². The van der Waals surface area contributed by atoms with Crippen LogP contribution in [0.1, 0.15) is 28.4 Å². The molecule has 0 unspecified atom stereocenters. The summed E-state index contributed by atoms with van der Waals surface area (Å²) in [5.74, 6) is 0.0416. The van der Waals surface area contributed by atoms with Crippen molar-refractivity contribution in [2.24, 2.45) is 0 Å². The van der Waals surface area contributed by atoms with E-state index in [0.29, 0.717) is 5.56 Å². The van der Waals surface area contributed by atoms with Gasteiger partial charge in [0, 0.05) is 17.2 Å². The first-order valence-corrected chi connectivity index (χ1v) is 6.60. The molecule has 18 heavy (non-hydrogen) atoms. The largest absolute Gasteiger partial charge is 0.331 e. The first kappa shape index (κ1) is 11.5. The topological polar surface area (TPSA) is 49.0 Å². The van der Waals surface area contributed by atoms with Crippen LogP contribution in [0.25, 0.3) is 0 Å². The van der Waals surface area contributed by atoms with Gasteiger partial charge in [0.25, 0.3) is 5.91 Å². The monoisotopic (exact) mass is 305 g/mol. The quantitative estimate of drug-likeness (QED) is 0.927. The third-order valence-electron chi connectivity index (χ3n) is 3.26. The second-order valence-electron chi connectivity index (χ2n) is 4.35. The van der Waals surface area contributed by atoms with Gasteiger partial charge in [-0.25, -0.2) is 0 Å². The Labute approximate surface area is 113 Å². The van der Waals surface area contributed by atoms with Crippen molar-refractivity contribution < 1.29 is 4.79 Å². The minimum Gasteiger partial charge on any atom is -0.331 e. The lowest BCUT2D eigenvalue weighted by atomic mass is 9.94. The van der Waals surface area contributed by atoms with E-state index in [-0.39, 0.29) is 11.9 Å². The minimum atomic E-state index is 0.0416. The summed E-state index contributed by atoms with van der Waals surface area (Å²) in [6.07, 6.45) is 4.22. The number of aromatic amines is 1. The van der Waals surface area contributed by atoms with Crippen molar-refractivity contribution in [1.82, 2.24) is 15.1 Å². The molecule has 1 N–H and O–H groups in total. The van der Waals surface area contributed by atoms with Gasteiger partial charge in [0.05, 0.1) is 17.8 Å². The summed E-state index contributed by atoms with van der Waals surface area (Å²) in [6.45, 7) is 0.807. The van der Waals surface area contributed by atoms with Crippen LogP contribution in [0.2, 0.25) is 0 Å². The highest BCUT2D eigenvalue weighted by molar-refractivity contribution is 9.10. The van der Waals surface area contributed by atoms with Gasteiger partial charge in [0.15, 0.2) is 0 Å². The van der Waals surface area contributed by atoms with E-state index >= 15 is 0 Å². The molecule has 0 saturated carbocycles. The van der Waals surface area contributed by atoms with E-state index in [2.05, 4.69) is 38.3 Å². The van der Waals surface area contributed by atoms with Crippen LogP contribution in [0.4, 0.5) is 0 Å². The zero-order chi connectivity index (χ0) is 12.5. The Hall–Kier alpha value is -1.62. The van der Waals surface area contributed by atoms with Crippen molar-refractivity contribution in [3.05, 3.63) is 52.3 Å². The Bertz CT molecular complexity index is 567. The number of amides is 1. The average Bonchev–Trinajstić information content (AvgIpc) is 2.80. The Kier molecular flexibility index (Phi) is 2.91. The normalized spacial score (nSPS) is 18.5. The molecule has 1 aliphatic rings. The van der Waals surface area contributed by atoms with E-state index in [9.17, 15) is 4.79 Å². The van der Waals surface area contributed by atoms with E-state index < -0.39 is 0 Å². The molecule has 0 spiro atoms. The molecular formula is C13H12BrN3O. The van der Waals surface area contributed by atoms with Crippen LogP contribution in [-0.2, 0) is 0 Å². The Morgan fingerprint density at radius 1 is 1.50 bits per heavy atom. The maximum absolute atomic E-state index is 12.2. The highest BCUT2D eigenvalue weighted by Gasteiger charge is 2.34. The first-order valence-electron chi connectivity index (χ1n) is 5.81. The minimum absolute atomic E-state index is 0.0416. The number of H-pyrrole nitrogens is 1. The van der Waals surface area contributed by atoms with Gasteiger partial charge in [0.1, 0.15) is 0 Å². The number of hydrogen-bond donors (Lipinski definition) is 1. The molecule has 1 aromatic carbocycles. The molecule has 92 valence electrons. The number of carbonyl (C=O) groups excluding carboxylic acids is 1. The Balaban J connectivity index is 1.82. The molecule has 0 radical (unpaired) electrons. The lowest BCUT2D eigenvalue weighted by molar-refractivity contribution is 0.0460. The summed E-state index contributed by atoms with van der Waals surface area (Å²) in [7, 11) is 0. The maximum Gasteiger partial charge on any atom is 0.257 e. The number of nitrogens with one attached hydrogen (secondary N) is 1. The summed E-state index contributed by atoms with van der Waals surface area (Å²) in [5.41, 5.74) is 1.79. The van der Waals surface area contributed by atoms with Crippen molar-refractivity contribution in [3.63, 3.8) is 0 Å². The lowest BCUT2D eigenvalue weighted by Crippen LogP contribution is -2.45. The molecule has 1 aliphatic heterocycles. The van der Waals surface area contributed by atoms with Gasteiger partial charge in [0.2, 0.25) is 0 Å². The zero-order valence-corrected chi connectivity index (χ0v) is 11.2. The average molecular weight is 306 g/mol. The first-order chi connectivity index (χ1) is 8.75. The molecule has 1 saturated heterocycles. The van der Waals surface area contributed by atoms with Gasteiger partial charge >= 0.3 is 0 Å². The standard InChI is InChI=1S/C13H12BrN3O/c14-11-3-1-2-9(6-11)12-4-5-17(12)13(18)10-7-15-16-8-10/h1-3,6-8,12H,4-5H2,(H,15,16)/t12-/m1/s1. The number of likely N-dealkylation sites (tertiary alicyclic amines) is 1. The molecule has 0 bridgehead atoms. The fourth-order valence-electron chi connectivity index (χ4n) is 2.22. The van der Waals surface area contributed by atoms with Crippen molar-refractivity contribution in [3.8, 4) is 0 Å². The predicted octanol–water partition coefficient (Wildman–Crippen LogP) is 2.76. The van der Waals surface area contributed by atoms with E-state index in [1.54, 1.807) is 12.4 Å². The third-order valence-corrected chi connectivity index (χ3v) is 3.75. The van der Waals surface area contributed by atoms with Gasteiger partial charge in [-0.2, -0.15) is 5.10 Å². The van der Waals surface area contributed by atoms with Crippen LogP contribution in [0.15, 0.2) is 41.1 Å². The van der Waals surface area contributed by atoms with Gasteiger partial charge in [-0.15, -0.1) is 0 Å². The van der Waals surface area contributed by atoms with Crippen LogP contribution in [0.5, 0.6) is 0 Å². The fourth-order valence-corrected chi connectivity index (χ4v) is 2.64. The SMILES string of the molecule is O=C(c1cn[nH]c1)N1CC[C@@H]1c1cccc(Br)c1. The van der Waals surface area contributed by atoms with Crippen molar-refractivity contribution >= 4 is 21.8 Å². The van der Waals surface area contributed by atoms with Gasteiger partial charge in [-0.1, -0.05) is 28.1 Å². The van der Waals surface area contributed by atoms with Crippen LogP contribution in [0.3, 0.4) is 0 Å². The lowest BCUT2D eigenvalue weighted by Gasteiger charge is -2.41. The third kappa shape index (κ3) is 1.95. The maximum atomic E-state index is 12.2. The molecule has 1 fully saturated rings. The molecule has 2 heterocycles. The van der Waals surface area contributed by atoms with E-state index in [4.69, 9.17) is 0 Å². The molecule has 3 rings (SSSR count). The molecule has 5 heteroatoms. The Morgan fingerprint density at radius 2 is 2.39 bits per heavy atom. The van der Waals surface area contributed by atoms with Crippen LogP contribution in [-0.4, -0.2) is 27.5 Å². The number of carbonyl (C=O) groups is 1. The number of nitrogens with zero attached hydrogens (tertiary/aromatic N) is 2. The molecular weight excluding hydrogens is 294 g/mol. The number of benzene rings is 1. The highest BCUT2D eigenvalue weighted by atomic mass is 79.9. The predicted molar refractivity (Wildman–Crippen MR) is 71.1 cm³/mol. The highest BCUT2D eigenvalue weighted by Crippen LogP contribution is 2.35. The van der Waals surface area contributed by atoms with Crippen LogP contribution >= 0.6 is 15.9 Å². The summed E-state index contributed by atoms with van der Waals surface area (Å²) < 4.78 is 1.04. The fraction of sp³-hybridized carbons (Fsp3) is 0.231. The van der Waals surface area contributed by atoms with Crippen LogP contribution < -0.4 is 0 Å². The summed E-state index contributed by atoms with van der Waals surface area (Å²) >= 11 is 3.46. The number of hydrogen-bond acceptors (Lipinski definition) is 2. The second-order valence-corrected chi connectivity index (χ2v) is 5.26. The number of aromatic nitrogens is 2. The van der Waals surface area contributed by atoms with E-state index in [1.165, 1.54) is 5.56 Å². The molecule has 1 atom stereocenters. The van der Waals surface area contributed by atoms with E-state index in [1.807, 2.05) is 17.0 Å². The summed E-state index contributed by atoms with van der Waals surface area (Å²) in [4.78, 5) is 14.1. The van der Waals surface area contributed by atoms with Gasteiger partial charge < -0.3 is 4.90 Å². The van der Waals surface area contributed by atoms with Crippen molar-refractivity contribution in [1.29, 1.82) is 0 Å². The summed E-state index contributed by atoms with van der Waals surface area (Å²) in [6, 6.07) is 8.30. The van der Waals surface area contributed by atoms with Crippen molar-refractivity contribution in [2.75, 3.05) is 6.54 Å². The number of rotatable bonds is 2. The summed E-state index contributed by atoms with van der Waals surface area (Å²) in [5, 5.41) is 6.49. The van der Waals surface area contributed by atoms with Gasteiger partial charge in [-0.3, -0.25) is 9.89 Å². The molecule has 1 aromatic heterocycles. The second kappa shape index (κ2) is 4.57. The van der Waals surface area contributed by atoms with Crippen LogP contribution in [0, 0.1) is 0 Å². The molecule has 4 nitrogen and oxygen atoms in total. The molecule has 1 amide bonds. The number of halogens is 1.